The Balaban J connectivity index is 1.35. The van der Waals surface area contributed by atoms with Crippen LogP contribution >= 0.6 is 11.3 Å². The summed E-state index contributed by atoms with van der Waals surface area (Å²) in [4.78, 5) is 22.6. The van der Waals surface area contributed by atoms with Crippen molar-refractivity contribution >= 4 is 39.0 Å². The van der Waals surface area contributed by atoms with Crippen LogP contribution in [-0.4, -0.2) is 57.2 Å². The van der Waals surface area contributed by atoms with Crippen molar-refractivity contribution in [3.05, 3.63) is 60.2 Å². The number of urea groups is 1. The van der Waals surface area contributed by atoms with Gasteiger partial charge in [0.25, 0.3) is 0 Å². The van der Waals surface area contributed by atoms with Crippen LogP contribution in [0, 0.1) is 6.92 Å². The molecule has 0 saturated carbocycles. The lowest BCUT2D eigenvalue weighted by Gasteiger charge is -2.34. The Morgan fingerprint density at radius 2 is 1.66 bits per heavy atom. The van der Waals surface area contributed by atoms with Crippen LogP contribution in [0.25, 0.3) is 16.2 Å². The highest BCUT2D eigenvalue weighted by Gasteiger charge is 2.27. The Morgan fingerprint density at radius 1 is 0.971 bits per heavy atom. The Bertz CT molecular complexity index is 1330. The van der Waals surface area contributed by atoms with Gasteiger partial charge < -0.3 is 20.4 Å². The predicted molar refractivity (Wildman–Crippen MR) is 144 cm³/mol. The summed E-state index contributed by atoms with van der Waals surface area (Å²) >= 11 is 1.59. The van der Waals surface area contributed by atoms with Gasteiger partial charge in [-0.25, -0.2) is 9.78 Å². The van der Waals surface area contributed by atoms with Gasteiger partial charge in [0.05, 0.1) is 0 Å². The van der Waals surface area contributed by atoms with Gasteiger partial charge in [0.2, 0.25) is 10.1 Å². The number of anilines is 3. The molecule has 9 heteroatoms. The summed E-state index contributed by atoms with van der Waals surface area (Å²) in [6, 6.07) is 17.8. The molecular weight excluding hydrogens is 458 g/mol. The zero-order chi connectivity index (χ0) is 24.6. The zero-order valence-corrected chi connectivity index (χ0v) is 21.4. The SMILES string of the molecule is Cc1ccccc1-c1nc2sc(N3CCN(C(=O)Nc4ccccc4)CC3)nn2c1NC(C)(C)C. The number of benzene rings is 2. The fourth-order valence-corrected chi connectivity index (χ4v) is 5.14. The summed E-state index contributed by atoms with van der Waals surface area (Å²) in [6.07, 6.45) is 0. The number of aromatic nitrogens is 3. The number of carbonyl (C=O) groups is 1. The summed E-state index contributed by atoms with van der Waals surface area (Å²) in [6.45, 7) is 11.3. The van der Waals surface area contributed by atoms with E-state index >= 15 is 0 Å². The van der Waals surface area contributed by atoms with Crippen molar-refractivity contribution in [2.24, 2.45) is 0 Å². The average molecular weight is 490 g/mol. The summed E-state index contributed by atoms with van der Waals surface area (Å²) in [5.74, 6) is 0.908. The summed E-state index contributed by atoms with van der Waals surface area (Å²) < 4.78 is 1.93. The highest BCUT2D eigenvalue weighted by atomic mass is 32.1. The molecule has 0 spiro atoms. The van der Waals surface area contributed by atoms with Crippen LogP contribution in [0.5, 0.6) is 0 Å². The maximum absolute atomic E-state index is 12.6. The van der Waals surface area contributed by atoms with Gasteiger partial charge in [0.15, 0.2) is 5.82 Å². The largest absolute Gasteiger partial charge is 0.364 e. The Labute approximate surface area is 209 Å². The van der Waals surface area contributed by atoms with Crippen LogP contribution in [-0.2, 0) is 0 Å². The average Bonchev–Trinajstić information content (AvgIpc) is 3.38. The van der Waals surface area contributed by atoms with E-state index in [2.05, 4.69) is 55.4 Å². The summed E-state index contributed by atoms with van der Waals surface area (Å²) in [5.41, 5.74) is 3.88. The number of hydrogen-bond donors (Lipinski definition) is 2. The highest BCUT2D eigenvalue weighted by molar-refractivity contribution is 7.20. The van der Waals surface area contributed by atoms with Crippen molar-refractivity contribution < 1.29 is 4.79 Å². The number of aryl methyl sites for hydroxylation is 1. The van der Waals surface area contributed by atoms with Gasteiger partial charge in [-0.1, -0.05) is 53.8 Å². The highest BCUT2D eigenvalue weighted by Crippen LogP contribution is 2.36. The zero-order valence-electron chi connectivity index (χ0n) is 20.6. The number of piperazine rings is 1. The molecule has 1 aliphatic heterocycles. The molecule has 5 rings (SSSR count). The molecule has 2 aromatic heterocycles. The maximum atomic E-state index is 12.6. The van der Waals surface area contributed by atoms with Crippen molar-refractivity contribution in [2.75, 3.05) is 41.7 Å². The van der Waals surface area contributed by atoms with Crippen LogP contribution in [0.15, 0.2) is 54.6 Å². The maximum Gasteiger partial charge on any atom is 0.321 e. The molecule has 1 saturated heterocycles. The smallest absolute Gasteiger partial charge is 0.321 e. The van der Waals surface area contributed by atoms with E-state index in [9.17, 15) is 4.79 Å². The number of rotatable bonds is 4. The van der Waals surface area contributed by atoms with E-state index in [-0.39, 0.29) is 11.6 Å². The molecule has 2 amide bonds. The molecule has 0 radical (unpaired) electrons. The molecule has 0 atom stereocenters. The first-order valence-electron chi connectivity index (χ1n) is 11.9. The number of para-hydroxylation sites is 1. The standard InChI is InChI=1S/C26H31N7OS/c1-18-10-8-9-13-20(18)21-22(29-26(2,3)4)33-24(28-21)35-25(30-33)32-16-14-31(15-17-32)23(34)27-19-11-6-5-7-12-19/h5-13,29H,14-17H2,1-4H3,(H,27,34). The summed E-state index contributed by atoms with van der Waals surface area (Å²) in [7, 11) is 0. The van der Waals surface area contributed by atoms with Gasteiger partial charge in [0, 0.05) is 43.0 Å². The molecule has 182 valence electrons. The second kappa shape index (κ2) is 9.22. The molecule has 8 nitrogen and oxygen atoms in total. The fourth-order valence-electron chi connectivity index (χ4n) is 4.18. The number of amides is 2. The van der Waals surface area contributed by atoms with Gasteiger partial charge in [-0.2, -0.15) is 4.52 Å². The predicted octanol–water partition coefficient (Wildman–Crippen LogP) is 5.33. The number of imidazole rings is 1. The third kappa shape index (κ3) is 4.95. The molecule has 35 heavy (non-hydrogen) atoms. The molecule has 4 aromatic rings. The first-order chi connectivity index (χ1) is 16.8. The van der Waals surface area contributed by atoms with Gasteiger partial charge >= 0.3 is 6.03 Å². The number of nitrogens with one attached hydrogen (secondary N) is 2. The number of hydrogen-bond acceptors (Lipinski definition) is 6. The van der Waals surface area contributed by atoms with Gasteiger partial charge in [0.1, 0.15) is 5.69 Å². The van der Waals surface area contributed by atoms with Crippen molar-refractivity contribution in [3.63, 3.8) is 0 Å². The molecule has 1 fully saturated rings. The van der Waals surface area contributed by atoms with Crippen molar-refractivity contribution in [1.82, 2.24) is 19.5 Å². The lowest BCUT2D eigenvalue weighted by molar-refractivity contribution is 0.208. The molecule has 1 aliphatic rings. The second-order valence-electron chi connectivity index (χ2n) is 9.85. The minimum atomic E-state index is -0.144. The number of carbonyl (C=O) groups excluding carboxylic acids is 1. The lowest BCUT2D eigenvalue weighted by Crippen LogP contribution is -2.50. The van der Waals surface area contributed by atoms with E-state index in [4.69, 9.17) is 10.1 Å². The summed E-state index contributed by atoms with van der Waals surface area (Å²) in [5, 5.41) is 12.5. The quantitative estimate of drug-likeness (QED) is 0.405. The van der Waals surface area contributed by atoms with E-state index in [1.807, 2.05) is 51.9 Å². The topological polar surface area (TPSA) is 77.8 Å². The molecule has 0 bridgehead atoms. The van der Waals surface area contributed by atoms with Gasteiger partial charge in [-0.15, -0.1) is 5.10 Å². The molecule has 0 unspecified atom stereocenters. The molecule has 2 aromatic carbocycles. The van der Waals surface area contributed by atoms with Gasteiger partial charge in [-0.05, 0) is 45.4 Å². The molecular formula is C26H31N7OS. The Kier molecular flexibility index (Phi) is 6.10. The van der Waals surface area contributed by atoms with Crippen LogP contribution < -0.4 is 15.5 Å². The van der Waals surface area contributed by atoms with Crippen molar-refractivity contribution in [3.8, 4) is 11.3 Å². The Hall–Kier alpha value is -3.59. The third-order valence-corrected chi connectivity index (χ3v) is 6.92. The van der Waals surface area contributed by atoms with Crippen molar-refractivity contribution in [2.45, 2.75) is 33.2 Å². The van der Waals surface area contributed by atoms with E-state index < -0.39 is 0 Å². The van der Waals surface area contributed by atoms with Crippen LogP contribution in [0.1, 0.15) is 26.3 Å². The van der Waals surface area contributed by atoms with E-state index in [1.54, 1.807) is 11.3 Å². The number of fused-ring (bicyclic) bond motifs is 1. The minimum absolute atomic E-state index is 0.0654. The van der Waals surface area contributed by atoms with Crippen LogP contribution in [0.4, 0.5) is 21.4 Å². The van der Waals surface area contributed by atoms with Gasteiger partial charge in [-0.3, -0.25) is 0 Å². The second-order valence-corrected chi connectivity index (χ2v) is 10.8. The molecule has 0 aliphatic carbocycles. The first-order valence-corrected chi connectivity index (χ1v) is 12.7. The van der Waals surface area contributed by atoms with Crippen LogP contribution in [0.3, 0.4) is 0 Å². The fraction of sp³-hybridized carbons (Fsp3) is 0.346. The normalized spacial score (nSPS) is 14.4. The van der Waals surface area contributed by atoms with Crippen molar-refractivity contribution in [1.29, 1.82) is 0 Å². The van der Waals surface area contributed by atoms with E-state index in [0.717, 1.165) is 45.9 Å². The minimum Gasteiger partial charge on any atom is -0.364 e. The van der Waals surface area contributed by atoms with E-state index in [0.29, 0.717) is 13.1 Å². The monoisotopic (exact) mass is 489 g/mol. The Morgan fingerprint density at radius 3 is 2.34 bits per heavy atom. The molecule has 3 heterocycles. The lowest BCUT2D eigenvalue weighted by atomic mass is 10.0. The van der Waals surface area contributed by atoms with Crippen LogP contribution in [0.2, 0.25) is 0 Å². The number of nitrogens with zero attached hydrogens (tertiary/aromatic N) is 5. The third-order valence-electron chi connectivity index (χ3n) is 5.95. The molecule has 2 N–H and O–H groups in total. The first kappa shape index (κ1) is 23.2. The van der Waals surface area contributed by atoms with E-state index in [1.165, 1.54) is 5.56 Å².